The number of aromatic nitrogens is 2. The summed E-state index contributed by atoms with van der Waals surface area (Å²) in [6, 6.07) is 8.60. The van der Waals surface area contributed by atoms with Crippen LogP contribution in [0.2, 0.25) is 0 Å². The number of hydrogen-bond donors (Lipinski definition) is 2. The molecule has 0 aliphatic rings. The molecule has 0 spiro atoms. The summed E-state index contributed by atoms with van der Waals surface area (Å²) in [4.78, 5) is 0. The highest BCUT2D eigenvalue weighted by Crippen LogP contribution is 2.17. The van der Waals surface area contributed by atoms with E-state index in [4.69, 9.17) is 5.84 Å². The Morgan fingerprint density at radius 2 is 2.28 bits per heavy atom. The molecule has 2 aromatic rings. The standard InChI is InChI=1S/C14H20N4/c1-3-18-10-13(9-16-18)14(17-15)8-12-6-4-5-11(2)7-12/h4-7,9-10,14,17H,3,8,15H2,1-2H3. The molecule has 1 atom stereocenters. The van der Waals surface area contributed by atoms with Gasteiger partial charge in [0.1, 0.15) is 0 Å². The van der Waals surface area contributed by atoms with Gasteiger partial charge in [0.05, 0.1) is 12.2 Å². The van der Waals surface area contributed by atoms with Crippen LogP contribution < -0.4 is 11.3 Å². The Hall–Kier alpha value is -1.65. The molecule has 0 saturated carbocycles. The number of benzene rings is 1. The normalized spacial score (nSPS) is 12.6. The van der Waals surface area contributed by atoms with Gasteiger partial charge in [-0.25, -0.2) is 0 Å². The van der Waals surface area contributed by atoms with E-state index in [1.54, 1.807) is 0 Å². The first kappa shape index (κ1) is 12.8. The number of nitrogens with one attached hydrogen (secondary N) is 1. The van der Waals surface area contributed by atoms with Gasteiger partial charge in [-0.05, 0) is 25.8 Å². The van der Waals surface area contributed by atoms with Gasteiger partial charge in [-0.15, -0.1) is 0 Å². The number of aryl methyl sites for hydroxylation is 2. The molecular formula is C14H20N4. The fourth-order valence-corrected chi connectivity index (χ4v) is 2.08. The van der Waals surface area contributed by atoms with Crippen molar-refractivity contribution in [3.63, 3.8) is 0 Å². The molecule has 4 nitrogen and oxygen atoms in total. The lowest BCUT2D eigenvalue weighted by molar-refractivity contribution is 0.550. The minimum absolute atomic E-state index is 0.104. The van der Waals surface area contributed by atoms with Crippen LogP contribution in [0.25, 0.3) is 0 Å². The summed E-state index contributed by atoms with van der Waals surface area (Å²) in [5.41, 5.74) is 6.55. The van der Waals surface area contributed by atoms with E-state index >= 15 is 0 Å². The molecule has 1 unspecified atom stereocenters. The van der Waals surface area contributed by atoms with Crippen molar-refractivity contribution in [3.05, 3.63) is 53.3 Å². The number of nitrogens with two attached hydrogens (primary N) is 1. The molecule has 1 heterocycles. The van der Waals surface area contributed by atoms with Crippen molar-refractivity contribution < 1.29 is 0 Å². The molecule has 2 rings (SSSR count). The molecule has 0 fully saturated rings. The first-order chi connectivity index (χ1) is 8.72. The van der Waals surface area contributed by atoms with Crippen molar-refractivity contribution in [1.82, 2.24) is 15.2 Å². The minimum Gasteiger partial charge on any atom is -0.273 e. The zero-order valence-electron chi connectivity index (χ0n) is 10.9. The third-order valence-electron chi connectivity index (χ3n) is 3.10. The van der Waals surface area contributed by atoms with E-state index in [2.05, 4.69) is 48.6 Å². The summed E-state index contributed by atoms with van der Waals surface area (Å²) in [7, 11) is 0. The zero-order chi connectivity index (χ0) is 13.0. The van der Waals surface area contributed by atoms with Crippen LogP contribution in [0.5, 0.6) is 0 Å². The first-order valence-electron chi connectivity index (χ1n) is 6.27. The third kappa shape index (κ3) is 2.97. The Labute approximate surface area is 108 Å². The Morgan fingerprint density at radius 3 is 2.89 bits per heavy atom. The number of rotatable bonds is 5. The maximum atomic E-state index is 5.65. The van der Waals surface area contributed by atoms with Crippen molar-refractivity contribution in [2.75, 3.05) is 0 Å². The van der Waals surface area contributed by atoms with Crippen molar-refractivity contribution in [2.24, 2.45) is 5.84 Å². The largest absolute Gasteiger partial charge is 0.273 e. The molecule has 0 bridgehead atoms. The topological polar surface area (TPSA) is 55.9 Å². The summed E-state index contributed by atoms with van der Waals surface area (Å²) in [6.07, 6.45) is 4.79. The lowest BCUT2D eigenvalue weighted by Crippen LogP contribution is -2.29. The number of hydrazine groups is 1. The lowest BCUT2D eigenvalue weighted by Gasteiger charge is -2.14. The smallest absolute Gasteiger partial charge is 0.0538 e. The van der Waals surface area contributed by atoms with Gasteiger partial charge in [0, 0.05) is 18.3 Å². The second kappa shape index (κ2) is 5.80. The summed E-state index contributed by atoms with van der Waals surface area (Å²) >= 11 is 0. The molecule has 3 N–H and O–H groups in total. The summed E-state index contributed by atoms with van der Waals surface area (Å²) in [6.45, 7) is 5.05. The summed E-state index contributed by atoms with van der Waals surface area (Å²) < 4.78 is 1.91. The molecule has 0 saturated heterocycles. The molecular weight excluding hydrogens is 224 g/mol. The predicted octanol–water partition coefficient (Wildman–Crippen LogP) is 1.96. The molecule has 0 radical (unpaired) electrons. The Kier molecular flexibility index (Phi) is 4.12. The predicted molar refractivity (Wildman–Crippen MR) is 72.8 cm³/mol. The molecule has 96 valence electrons. The van der Waals surface area contributed by atoms with Gasteiger partial charge in [-0.2, -0.15) is 5.10 Å². The van der Waals surface area contributed by atoms with E-state index in [1.165, 1.54) is 11.1 Å². The summed E-state index contributed by atoms with van der Waals surface area (Å²) in [5.74, 6) is 5.65. The average Bonchev–Trinajstić information content (AvgIpc) is 2.84. The molecule has 0 amide bonds. The molecule has 18 heavy (non-hydrogen) atoms. The van der Waals surface area contributed by atoms with Gasteiger partial charge in [0.2, 0.25) is 0 Å². The highest BCUT2D eigenvalue weighted by atomic mass is 15.3. The Morgan fingerprint density at radius 1 is 1.44 bits per heavy atom. The van der Waals surface area contributed by atoms with Crippen LogP contribution >= 0.6 is 0 Å². The van der Waals surface area contributed by atoms with E-state index in [0.717, 1.165) is 18.5 Å². The van der Waals surface area contributed by atoms with Gasteiger partial charge >= 0.3 is 0 Å². The van der Waals surface area contributed by atoms with Gasteiger partial charge in [0.25, 0.3) is 0 Å². The van der Waals surface area contributed by atoms with Crippen LogP contribution in [0, 0.1) is 6.92 Å². The Balaban J connectivity index is 2.14. The maximum Gasteiger partial charge on any atom is 0.0538 e. The van der Waals surface area contributed by atoms with Crippen LogP contribution in [-0.4, -0.2) is 9.78 Å². The first-order valence-corrected chi connectivity index (χ1v) is 6.27. The van der Waals surface area contributed by atoms with Crippen molar-refractivity contribution in [1.29, 1.82) is 0 Å². The third-order valence-corrected chi connectivity index (χ3v) is 3.10. The van der Waals surface area contributed by atoms with Gasteiger partial charge in [0.15, 0.2) is 0 Å². The second-order valence-corrected chi connectivity index (χ2v) is 4.54. The molecule has 0 aliphatic heterocycles. The SMILES string of the molecule is CCn1cc(C(Cc2cccc(C)c2)NN)cn1. The van der Waals surface area contributed by atoms with E-state index in [0.29, 0.717) is 0 Å². The molecule has 0 aliphatic carbocycles. The summed E-state index contributed by atoms with van der Waals surface area (Å²) in [5, 5.41) is 4.28. The fourth-order valence-electron chi connectivity index (χ4n) is 2.08. The van der Waals surface area contributed by atoms with E-state index in [9.17, 15) is 0 Å². The van der Waals surface area contributed by atoms with Gasteiger partial charge < -0.3 is 0 Å². The van der Waals surface area contributed by atoms with E-state index < -0.39 is 0 Å². The second-order valence-electron chi connectivity index (χ2n) is 4.54. The average molecular weight is 244 g/mol. The zero-order valence-corrected chi connectivity index (χ0v) is 10.9. The minimum atomic E-state index is 0.104. The van der Waals surface area contributed by atoms with Gasteiger partial charge in [-0.3, -0.25) is 16.0 Å². The quantitative estimate of drug-likeness (QED) is 0.624. The molecule has 1 aromatic heterocycles. The van der Waals surface area contributed by atoms with Crippen LogP contribution in [0.1, 0.15) is 29.7 Å². The van der Waals surface area contributed by atoms with Crippen molar-refractivity contribution in [2.45, 2.75) is 32.9 Å². The number of nitrogens with zero attached hydrogens (tertiary/aromatic N) is 2. The molecule has 4 heteroatoms. The fraction of sp³-hybridized carbons (Fsp3) is 0.357. The van der Waals surface area contributed by atoms with Crippen LogP contribution in [0.4, 0.5) is 0 Å². The van der Waals surface area contributed by atoms with Crippen LogP contribution in [0.3, 0.4) is 0 Å². The number of hydrogen-bond acceptors (Lipinski definition) is 3. The van der Waals surface area contributed by atoms with Gasteiger partial charge in [-0.1, -0.05) is 29.8 Å². The molecule has 1 aromatic carbocycles. The van der Waals surface area contributed by atoms with Crippen molar-refractivity contribution in [3.8, 4) is 0 Å². The highest BCUT2D eigenvalue weighted by Gasteiger charge is 2.12. The Bertz CT molecular complexity index is 504. The monoisotopic (exact) mass is 244 g/mol. The maximum absolute atomic E-state index is 5.65. The lowest BCUT2D eigenvalue weighted by atomic mass is 10.0. The van der Waals surface area contributed by atoms with Crippen LogP contribution in [-0.2, 0) is 13.0 Å². The van der Waals surface area contributed by atoms with Crippen molar-refractivity contribution >= 4 is 0 Å². The van der Waals surface area contributed by atoms with E-state index in [1.807, 2.05) is 17.1 Å². The highest BCUT2D eigenvalue weighted by molar-refractivity contribution is 5.25. The van der Waals surface area contributed by atoms with Crippen LogP contribution in [0.15, 0.2) is 36.7 Å². The van der Waals surface area contributed by atoms with E-state index in [-0.39, 0.29) is 6.04 Å².